The highest BCUT2D eigenvalue weighted by molar-refractivity contribution is 4.94. The molecule has 0 aromatic carbocycles. The first kappa shape index (κ1) is 22.2. The van der Waals surface area contributed by atoms with Crippen molar-refractivity contribution in [3.05, 3.63) is 0 Å². The first-order chi connectivity index (χ1) is 13.3. The molecule has 0 amide bonds. The summed E-state index contributed by atoms with van der Waals surface area (Å²) in [6.45, 7) is -1.77. The molecule has 0 spiro atoms. The summed E-state index contributed by atoms with van der Waals surface area (Å²) in [5, 5.41) is 77.7. The fourth-order valence-electron chi connectivity index (χ4n) is 3.41. The van der Waals surface area contributed by atoms with Crippen molar-refractivity contribution in [1.29, 1.82) is 0 Å². The Labute approximate surface area is 159 Å². The second kappa shape index (κ2) is 9.09. The lowest BCUT2D eigenvalue weighted by atomic mass is 10.1. The molecule has 8 N–H and O–H groups in total. The molecule has 0 radical (unpaired) electrons. The zero-order valence-electron chi connectivity index (χ0n) is 14.7. The lowest BCUT2D eigenvalue weighted by molar-refractivity contribution is -0.272. The van der Waals surface area contributed by atoms with Gasteiger partial charge in [0.25, 0.3) is 0 Å². The van der Waals surface area contributed by atoms with Gasteiger partial charge < -0.3 is 64.5 Å². The molecular weight excluding hydrogens is 388 g/mol. The Bertz CT molecular complexity index is 508. The van der Waals surface area contributed by atoms with E-state index in [-0.39, 0.29) is 0 Å². The predicted molar refractivity (Wildman–Crippen MR) is 83.2 cm³/mol. The minimum absolute atomic E-state index is 0.575. The lowest BCUT2D eigenvalue weighted by Crippen LogP contribution is -2.46. The van der Waals surface area contributed by atoms with Crippen molar-refractivity contribution in [2.75, 3.05) is 19.8 Å². The van der Waals surface area contributed by atoms with Gasteiger partial charge in [-0.25, -0.2) is 0 Å². The highest BCUT2D eigenvalue weighted by Gasteiger charge is 2.53. The van der Waals surface area contributed by atoms with E-state index in [1.54, 1.807) is 0 Å². The van der Waals surface area contributed by atoms with E-state index in [1.807, 2.05) is 0 Å². The molecule has 0 unspecified atom stereocenters. The van der Waals surface area contributed by atoms with E-state index >= 15 is 0 Å². The van der Waals surface area contributed by atoms with Crippen LogP contribution in [0.3, 0.4) is 0 Å². The van der Waals surface area contributed by atoms with Crippen LogP contribution in [0.25, 0.3) is 0 Å². The Hall–Kier alpha value is -0.520. The SMILES string of the molecule is OC[C@H]1O[C@H](O[C@@H]2[C@@H](O[C@H]3[C@H](O)[C@@H](CO)O[C@@H]3O)O[C@H](CO)[C@H]2O)[C@@H](O)[C@@H]1O. The molecule has 3 rings (SSSR count). The van der Waals surface area contributed by atoms with Gasteiger partial charge in [0.15, 0.2) is 18.9 Å². The van der Waals surface area contributed by atoms with Crippen LogP contribution in [0.1, 0.15) is 0 Å². The van der Waals surface area contributed by atoms with Crippen LogP contribution in [-0.2, 0) is 23.7 Å². The molecule has 0 aromatic heterocycles. The van der Waals surface area contributed by atoms with Crippen molar-refractivity contribution in [3.63, 3.8) is 0 Å². The zero-order valence-corrected chi connectivity index (χ0v) is 14.7. The van der Waals surface area contributed by atoms with Crippen LogP contribution in [0.4, 0.5) is 0 Å². The number of aliphatic hydroxyl groups is 8. The quantitative estimate of drug-likeness (QED) is 0.196. The molecule has 12 atom stereocenters. The van der Waals surface area contributed by atoms with Gasteiger partial charge in [0, 0.05) is 0 Å². The second-order valence-electron chi connectivity index (χ2n) is 6.86. The van der Waals surface area contributed by atoms with Crippen LogP contribution in [0, 0.1) is 0 Å². The standard InChI is InChI=1S/C15H26O13/c16-1-4-7(19)10(22)14(25-4)28-12-9(21)6(3-18)26-15(12)27-11-8(20)5(2-17)24-13(11)23/h4-23H,1-3H2/t4-,5-,6-,7-,8-,9-,10+,11+,12+,13+,14-,15-/m1/s1. The fourth-order valence-corrected chi connectivity index (χ4v) is 3.41. The number of hydrogen-bond acceptors (Lipinski definition) is 13. The Morgan fingerprint density at radius 2 is 1.00 bits per heavy atom. The molecule has 13 heteroatoms. The van der Waals surface area contributed by atoms with Gasteiger partial charge >= 0.3 is 0 Å². The smallest absolute Gasteiger partial charge is 0.187 e. The van der Waals surface area contributed by atoms with Crippen molar-refractivity contribution in [2.24, 2.45) is 0 Å². The molecule has 164 valence electrons. The molecule has 0 saturated carbocycles. The summed E-state index contributed by atoms with van der Waals surface area (Å²) in [5.41, 5.74) is 0. The molecule has 3 saturated heterocycles. The molecule has 3 aliphatic rings. The van der Waals surface area contributed by atoms with Gasteiger partial charge in [-0.2, -0.15) is 0 Å². The highest BCUT2D eigenvalue weighted by atomic mass is 16.8. The maximum absolute atomic E-state index is 10.3. The average Bonchev–Trinajstić information content (AvgIpc) is 3.24. The van der Waals surface area contributed by atoms with Gasteiger partial charge in [-0.15, -0.1) is 0 Å². The van der Waals surface area contributed by atoms with E-state index in [2.05, 4.69) is 0 Å². The minimum Gasteiger partial charge on any atom is -0.394 e. The van der Waals surface area contributed by atoms with Crippen molar-refractivity contribution in [2.45, 2.75) is 73.8 Å². The third-order valence-electron chi connectivity index (χ3n) is 5.05. The van der Waals surface area contributed by atoms with Crippen LogP contribution in [-0.4, -0.2) is 134 Å². The Balaban J connectivity index is 1.70. The van der Waals surface area contributed by atoms with Crippen LogP contribution >= 0.6 is 0 Å². The Kier molecular flexibility index (Phi) is 7.20. The minimum atomic E-state index is -1.60. The van der Waals surface area contributed by atoms with E-state index in [4.69, 9.17) is 33.9 Å². The van der Waals surface area contributed by atoms with E-state index in [1.165, 1.54) is 0 Å². The summed E-state index contributed by atoms with van der Waals surface area (Å²) in [6.07, 6.45) is -16.4. The number of hydrogen-bond donors (Lipinski definition) is 8. The van der Waals surface area contributed by atoms with Crippen LogP contribution in [0.15, 0.2) is 0 Å². The number of rotatable bonds is 7. The normalized spacial score (nSPS) is 51.9. The first-order valence-electron chi connectivity index (χ1n) is 8.82. The fraction of sp³-hybridized carbons (Fsp3) is 1.00. The summed E-state index contributed by atoms with van der Waals surface area (Å²) in [5.74, 6) is 0. The molecule has 3 heterocycles. The van der Waals surface area contributed by atoms with E-state index in [0.717, 1.165) is 0 Å². The molecule has 0 aliphatic carbocycles. The molecule has 3 fully saturated rings. The lowest BCUT2D eigenvalue weighted by Gasteiger charge is -2.28. The maximum atomic E-state index is 10.3. The average molecular weight is 414 g/mol. The Morgan fingerprint density at radius 3 is 1.54 bits per heavy atom. The van der Waals surface area contributed by atoms with Crippen LogP contribution < -0.4 is 0 Å². The topological polar surface area (TPSA) is 208 Å². The first-order valence-corrected chi connectivity index (χ1v) is 8.82. The third-order valence-corrected chi connectivity index (χ3v) is 5.05. The molecule has 28 heavy (non-hydrogen) atoms. The Morgan fingerprint density at radius 1 is 0.536 bits per heavy atom. The van der Waals surface area contributed by atoms with Crippen molar-refractivity contribution in [1.82, 2.24) is 0 Å². The van der Waals surface area contributed by atoms with Gasteiger partial charge in [-0.05, 0) is 0 Å². The maximum Gasteiger partial charge on any atom is 0.187 e. The van der Waals surface area contributed by atoms with Crippen molar-refractivity contribution in [3.8, 4) is 0 Å². The predicted octanol–water partition coefficient (Wildman–Crippen LogP) is -5.66. The summed E-state index contributed by atoms with van der Waals surface area (Å²) in [6, 6.07) is 0. The third kappa shape index (κ3) is 4.04. The molecule has 13 nitrogen and oxygen atoms in total. The van der Waals surface area contributed by atoms with Gasteiger partial charge in [0.2, 0.25) is 0 Å². The van der Waals surface area contributed by atoms with Gasteiger partial charge in [-0.1, -0.05) is 0 Å². The van der Waals surface area contributed by atoms with Gasteiger partial charge in [-0.3, -0.25) is 0 Å². The van der Waals surface area contributed by atoms with Gasteiger partial charge in [0.1, 0.15) is 54.9 Å². The van der Waals surface area contributed by atoms with Crippen molar-refractivity contribution >= 4 is 0 Å². The van der Waals surface area contributed by atoms with E-state index in [9.17, 15) is 30.6 Å². The molecule has 0 bridgehead atoms. The van der Waals surface area contributed by atoms with E-state index < -0.39 is 93.6 Å². The monoisotopic (exact) mass is 414 g/mol. The van der Waals surface area contributed by atoms with Crippen molar-refractivity contribution < 1.29 is 64.5 Å². The van der Waals surface area contributed by atoms with Crippen LogP contribution in [0.2, 0.25) is 0 Å². The highest BCUT2D eigenvalue weighted by Crippen LogP contribution is 2.33. The molecule has 0 aromatic rings. The number of aliphatic hydroxyl groups excluding tert-OH is 8. The largest absolute Gasteiger partial charge is 0.394 e. The van der Waals surface area contributed by atoms with Crippen LogP contribution in [0.5, 0.6) is 0 Å². The summed E-state index contributed by atoms with van der Waals surface area (Å²) in [4.78, 5) is 0. The number of ether oxygens (including phenoxy) is 5. The summed E-state index contributed by atoms with van der Waals surface area (Å²) < 4.78 is 26.4. The molecular formula is C15H26O13. The van der Waals surface area contributed by atoms with E-state index in [0.29, 0.717) is 0 Å². The zero-order chi connectivity index (χ0) is 20.6. The summed E-state index contributed by atoms with van der Waals surface area (Å²) in [7, 11) is 0. The molecule has 3 aliphatic heterocycles. The van der Waals surface area contributed by atoms with Gasteiger partial charge in [0.05, 0.1) is 19.8 Å². The second-order valence-corrected chi connectivity index (χ2v) is 6.86. The summed E-state index contributed by atoms with van der Waals surface area (Å²) >= 11 is 0.